The van der Waals surface area contributed by atoms with Crippen molar-refractivity contribution in [3.8, 4) is 11.8 Å². The van der Waals surface area contributed by atoms with E-state index in [-0.39, 0.29) is 17.5 Å². The standard InChI is InChI=1S/C10H8N2O3/c11-5-8-9(15-6-1-2-6)4-3-7(12-8)10(13)14/h3-4,6H,1-2H2,(H,13,14). The molecular weight excluding hydrogens is 196 g/mol. The van der Waals surface area contributed by atoms with Crippen LogP contribution in [0.2, 0.25) is 0 Å². The Balaban J connectivity index is 2.30. The summed E-state index contributed by atoms with van der Waals surface area (Å²) >= 11 is 0. The van der Waals surface area contributed by atoms with Gasteiger partial charge in [0, 0.05) is 0 Å². The van der Waals surface area contributed by atoms with Crippen molar-refractivity contribution in [2.45, 2.75) is 18.9 Å². The van der Waals surface area contributed by atoms with Gasteiger partial charge in [-0.15, -0.1) is 0 Å². The van der Waals surface area contributed by atoms with E-state index in [1.54, 1.807) is 0 Å². The van der Waals surface area contributed by atoms with Crippen LogP contribution in [-0.2, 0) is 0 Å². The lowest BCUT2D eigenvalue weighted by molar-refractivity contribution is 0.0690. The third-order valence-electron chi connectivity index (χ3n) is 2.00. The molecule has 15 heavy (non-hydrogen) atoms. The third kappa shape index (κ3) is 2.05. The number of ether oxygens (including phenoxy) is 1. The first-order valence-corrected chi connectivity index (χ1v) is 4.52. The lowest BCUT2D eigenvalue weighted by atomic mass is 10.3. The lowest BCUT2D eigenvalue weighted by Gasteiger charge is -2.05. The van der Waals surface area contributed by atoms with E-state index in [1.807, 2.05) is 6.07 Å². The summed E-state index contributed by atoms with van der Waals surface area (Å²) < 4.78 is 5.40. The Morgan fingerprint density at radius 2 is 2.33 bits per heavy atom. The molecule has 0 aromatic carbocycles. The molecule has 1 aromatic heterocycles. The monoisotopic (exact) mass is 204 g/mol. The number of nitrogens with zero attached hydrogens (tertiary/aromatic N) is 2. The van der Waals surface area contributed by atoms with E-state index in [0.717, 1.165) is 12.8 Å². The fraction of sp³-hybridized carbons (Fsp3) is 0.300. The fourth-order valence-corrected chi connectivity index (χ4v) is 1.11. The maximum atomic E-state index is 10.6. The Bertz CT molecular complexity index is 446. The second kappa shape index (κ2) is 3.58. The van der Waals surface area contributed by atoms with Crippen molar-refractivity contribution in [2.75, 3.05) is 0 Å². The lowest BCUT2D eigenvalue weighted by Crippen LogP contribution is -2.05. The average Bonchev–Trinajstić information content (AvgIpc) is 3.02. The summed E-state index contributed by atoms with van der Waals surface area (Å²) in [7, 11) is 0. The minimum atomic E-state index is -1.15. The summed E-state index contributed by atoms with van der Waals surface area (Å²) in [4.78, 5) is 14.3. The number of aromatic carboxylic acids is 1. The second-order valence-corrected chi connectivity index (χ2v) is 3.28. The fourth-order valence-electron chi connectivity index (χ4n) is 1.11. The predicted molar refractivity (Wildman–Crippen MR) is 49.6 cm³/mol. The molecule has 1 heterocycles. The maximum Gasteiger partial charge on any atom is 0.354 e. The highest BCUT2D eigenvalue weighted by atomic mass is 16.5. The molecule has 2 rings (SSSR count). The molecule has 0 amide bonds. The van der Waals surface area contributed by atoms with Crippen molar-refractivity contribution in [1.82, 2.24) is 4.98 Å². The first-order valence-electron chi connectivity index (χ1n) is 4.52. The van der Waals surface area contributed by atoms with Gasteiger partial charge in [0.05, 0.1) is 6.10 Å². The topological polar surface area (TPSA) is 83.2 Å². The summed E-state index contributed by atoms with van der Waals surface area (Å²) in [5.41, 5.74) is -0.114. The van der Waals surface area contributed by atoms with E-state index in [2.05, 4.69) is 4.98 Å². The predicted octanol–water partition coefficient (Wildman–Crippen LogP) is 1.19. The van der Waals surface area contributed by atoms with Crippen LogP contribution in [0.3, 0.4) is 0 Å². The van der Waals surface area contributed by atoms with Crippen LogP contribution in [0.1, 0.15) is 29.0 Å². The largest absolute Gasteiger partial charge is 0.487 e. The number of hydrogen-bond acceptors (Lipinski definition) is 4. The van der Waals surface area contributed by atoms with E-state index in [9.17, 15) is 4.79 Å². The number of carboxylic acid groups (broad SMARTS) is 1. The normalized spacial score (nSPS) is 14.3. The molecule has 0 unspecified atom stereocenters. The summed E-state index contributed by atoms with van der Waals surface area (Å²) in [5.74, 6) is -0.783. The number of hydrogen-bond donors (Lipinski definition) is 1. The van der Waals surface area contributed by atoms with Crippen molar-refractivity contribution in [3.05, 3.63) is 23.5 Å². The van der Waals surface area contributed by atoms with E-state index in [0.29, 0.717) is 5.75 Å². The van der Waals surface area contributed by atoms with Gasteiger partial charge in [0.15, 0.2) is 11.4 Å². The van der Waals surface area contributed by atoms with E-state index < -0.39 is 5.97 Å². The molecule has 1 fully saturated rings. The molecule has 0 saturated heterocycles. The number of pyridine rings is 1. The van der Waals surface area contributed by atoms with Gasteiger partial charge in [-0.2, -0.15) is 5.26 Å². The van der Waals surface area contributed by atoms with Crippen molar-refractivity contribution in [1.29, 1.82) is 5.26 Å². The van der Waals surface area contributed by atoms with Crippen LogP contribution >= 0.6 is 0 Å². The van der Waals surface area contributed by atoms with Gasteiger partial charge in [-0.05, 0) is 25.0 Å². The zero-order valence-corrected chi connectivity index (χ0v) is 7.80. The molecule has 1 aliphatic carbocycles. The minimum Gasteiger partial charge on any atom is -0.487 e. The summed E-state index contributed by atoms with van der Waals surface area (Å²) in [6.45, 7) is 0. The Hall–Kier alpha value is -2.09. The van der Waals surface area contributed by atoms with Crippen LogP contribution in [0, 0.1) is 11.3 Å². The van der Waals surface area contributed by atoms with E-state index in [4.69, 9.17) is 15.1 Å². The first-order chi connectivity index (χ1) is 7.20. The number of nitriles is 1. The van der Waals surface area contributed by atoms with E-state index >= 15 is 0 Å². The molecule has 0 radical (unpaired) electrons. The van der Waals surface area contributed by atoms with Crippen molar-refractivity contribution in [2.24, 2.45) is 0 Å². The molecule has 5 nitrogen and oxygen atoms in total. The molecule has 0 aliphatic heterocycles. The first kappa shape index (κ1) is 9.46. The number of carboxylic acids is 1. The van der Waals surface area contributed by atoms with Crippen molar-refractivity contribution in [3.63, 3.8) is 0 Å². The van der Waals surface area contributed by atoms with Gasteiger partial charge < -0.3 is 9.84 Å². The van der Waals surface area contributed by atoms with Gasteiger partial charge in [-0.25, -0.2) is 9.78 Å². The third-order valence-corrected chi connectivity index (χ3v) is 2.00. The van der Waals surface area contributed by atoms with Crippen LogP contribution in [0.15, 0.2) is 12.1 Å². The molecule has 5 heteroatoms. The Morgan fingerprint density at radius 3 is 2.87 bits per heavy atom. The Morgan fingerprint density at radius 1 is 1.60 bits per heavy atom. The van der Waals surface area contributed by atoms with Gasteiger partial charge in [-0.3, -0.25) is 0 Å². The van der Waals surface area contributed by atoms with Crippen LogP contribution in [-0.4, -0.2) is 22.2 Å². The van der Waals surface area contributed by atoms with Gasteiger partial charge in [0.2, 0.25) is 0 Å². The highest BCUT2D eigenvalue weighted by Gasteiger charge is 2.25. The summed E-state index contributed by atoms with van der Waals surface area (Å²) in [6.07, 6.45) is 2.12. The Kier molecular flexibility index (Phi) is 2.26. The zero-order valence-electron chi connectivity index (χ0n) is 7.80. The minimum absolute atomic E-state index is 0.0294. The molecule has 0 spiro atoms. The molecular formula is C10H8N2O3. The van der Waals surface area contributed by atoms with E-state index in [1.165, 1.54) is 12.1 Å². The zero-order chi connectivity index (χ0) is 10.8. The smallest absolute Gasteiger partial charge is 0.354 e. The quantitative estimate of drug-likeness (QED) is 0.799. The van der Waals surface area contributed by atoms with Crippen LogP contribution in [0.5, 0.6) is 5.75 Å². The summed E-state index contributed by atoms with van der Waals surface area (Å²) in [5, 5.41) is 17.4. The van der Waals surface area contributed by atoms with Crippen molar-refractivity contribution >= 4 is 5.97 Å². The second-order valence-electron chi connectivity index (χ2n) is 3.28. The number of carbonyl (C=O) groups is 1. The molecule has 76 valence electrons. The van der Waals surface area contributed by atoms with Gasteiger partial charge >= 0.3 is 5.97 Å². The highest BCUT2D eigenvalue weighted by molar-refractivity contribution is 5.85. The molecule has 1 saturated carbocycles. The SMILES string of the molecule is N#Cc1nc(C(=O)O)ccc1OC1CC1. The van der Waals surface area contributed by atoms with Gasteiger partial charge in [0.1, 0.15) is 11.8 Å². The maximum absolute atomic E-state index is 10.6. The Labute approximate surface area is 85.9 Å². The molecule has 1 aliphatic rings. The van der Waals surface area contributed by atoms with Crippen molar-refractivity contribution < 1.29 is 14.6 Å². The number of aromatic nitrogens is 1. The molecule has 1 N–H and O–H groups in total. The van der Waals surface area contributed by atoms with Gasteiger partial charge in [0.25, 0.3) is 0 Å². The van der Waals surface area contributed by atoms with Crippen LogP contribution < -0.4 is 4.74 Å². The molecule has 1 aromatic rings. The molecule has 0 atom stereocenters. The van der Waals surface area contributed by atoms with Crippen LogP contribution in [0.4, 0.5) is 0 Å². The molecule has 0 bridgehead atoms. The van der Waals surface area contributed by atoms with Crippen LogP contribution in [0.25, 0.3) is 0 Å². The highest BCUT2D eigenvalue weighted by Crippen LogP contribution is 2.28. The average molecular weight is 204 g/mol. The van der Waals surface area contributed by atoms with Gasteiger partial charge in [-0.1, -0.05) is 0 Å². The number of rotatable bonds is 3. The summed E-state index contributed by atoms with van der Waals surface area (Å²) in [6, 6.07) is 4.64.